The largest absolute Gasteiger partial charge is 0.313 e. The number of hydrogen-bond acceptors (Lipinski definition) is 1. The number of hydrogen-bond donors (Lipinski definition) is 1. The molecule has 1 N–H and O–H groups in total. The Bertz CT molecular complexity index is 361. The monoisotopic (exact) mass is 301 g/mol. The van der Waals surface area contributed by atoms with Gasteiger partial charge in [-0.15, -0.1) is 0 Å². The Kier molecular flexibility index (Phi) is 4.28. The van der Waals surface area contributed by atoms with Crippen molar-refractivity contribution < 1.29 is 0 Å². The molecule has 88 valence electrons. The van der Waals surface area contributed by atoms with E-state index in [9.17, 15) is 0 Å². The fourth-order valence-corrected chi connectivity index (χ4v) is 3.62. The molecule has 16 heavy (non-hydrogen) atoms. The number of benzene rings is 1. The highest BCUT2D eigenvalue weighted by Crippen LogP contribution is 2.38. The standard InChI is InChI=1S/C13H17BrClN/c1-16-13(9-4-2-3-5-9)11-7-6-10(15)8-12(11)14/h6-9,13,16H,2-5H2,1H3. The van der Waals surface area contributed by atoms with Gasteiger partial charge in [0.2, 0.25) is 0 Å². The van der Waals surface area contributed by atoms with Gasteiger partial charge in [-0.25, -0.2) is 0 Å². The van der Waals surface area contributed by atoms with Crippen LogP contribution in [0.2, 0.25) is 5.02 Å². The van der Waals surface area contributed by atoms with Gasteiger partial charge in [0, 0.05) is 15.5 Å². The lowest BCUT2D eigenvalue weighted by atomic mass is 9.92. The Morgan fingerprint density at radius 3 is 2.62 bits per heavy atom. The molecule has 1 fully saturated rings. The molecule has 1 unspecified atom stereocenters. The van der Waals surface area contributed by atoms with Crippen molar-refractivity contribution in [1.82, 2.24) is 5.32 Å². The van der Waals surface area contributed by atoms with Crippen LogP contribution in [-0.2, 0) is 0 Å². The second-order valence-electron chi connectivity index (χ2n) is 4.48. The Balaban J connectivity index is 2.25. The van der Waals surface area contributed by atoms with E-state index in [4.69, 9.17) is 11.6 Å². The van der Waals surface area contributed by atoms with E-state index in [0.717, 1.165) is 15.4 Å². The quantitative estimate of drug-likeness (QED) is 0.863. The second-order valence-corrected chi connectivity index (χ2v) is 5.77. The maximum absolute atomic E-state index is 5.97. The summed E-state index contributed by atoms with van der Waals surface area (Å²) in [7, 11) is 2.05. The summed E-state index contributed by atoms with van der Waals surface area (Å²) in [6.45, 7) is 0. The van der Waals surface area contributed by atoms with E-state index in [-0.39, 0.29) is 0 Å². The first-order valence-electron chi connectivity index (χ1n) is 5.84. The molecule has 1 nitrogen and oxygen atoms in total. The van der Waals surface area contributed by atoms with E-state index in [2.05, 4.69) is 27.3 Å². The lowest BCUT2D eigenvalue weighted by Gasteiger charge is -2.24. The molecule has 1 aliphatic rings. The number of rotatable bonds is 3. The molecular weight excluding hydrogens is 286 g/mol. The van der Waals surface area contributed by atoms with E-state index >= 15 is 0 Å². The van der Waals surface area contributed by atoms with E-state index in [1.165, 1.54) is 31.2 Å². The van der Waals surface area contributed by atoms with Crippen molar-refractivity contribution in [1.29, 1.82) is 0 Å². The van der Waals surface area contributed by atoms with Gasteiger partial charge in [0.15, 0.2) is 0 Å². The third kappa shape index (κ3) is 2.61. The van der Waals surface area contributed by atoms with E-state index in [1.807, 2.05) is 19.2 Å². The summed E-state index contributed by atoms with van der Waals surface area (Å²) in [4.78, 5) is 0. The molecule has 1 aliphatic carbocycles. The summed E-state index contributed by atoms with van der Waals surface area (Å²) < 4.78 is 1.12. The third-order valence-corrected chi connectivity index (χ3v) is 4.40. The Labute approximate surface area is 111 Å². The van der Waals surface area contributed by atoms with Crippen molar-refractivity contribution in [3.8, 4) is 0 Å². The second kappa shape index (κ2) is 5.52. The SMILES string of the molecule is CNC(c1ccc(Cl)cc1Br)C1CCCC1. The average Bonchev–Trinajstić information content (AvgIpc) is 2.75. The minimum absolute atomic E-state index is 0.453. The van der Waals surface area contributed by atoms with Crippen molar-refractivity contribution in [3.63, 3.8) is 0 Å². The molecule has 2 rings (SSSR count). The lowest BCUT2D eigenvalue weighted by Crippen LogP contribution is -2.23. The normalized spacial score (nSPS) is 18.9. The number of halogens is 2. The fourth-order valence-electron chi connectivity index (χ4n) is 2.69. The van der Waals surface area contributed by atoms with E-state index in [1.54, 1.807) is 0 Å². The first-order valence-corrected chi connectivity index (χ1v) is 7.01. The highest BCUT2D eigenvalue weighted by molar-refractivity contribution is 9.10. The predicted molar refractivity (Wildman–Crippen MR) is 72.9 cm³/mol. The van der Waals surface area contributed by atoms with Crippen molar-refractivity contribution in [2.24, 2.45) is 5.92 Å². The zero-order chi connectivity index (χ0) is 11.5. The summed E-state index contributed by atoms with van der Waals surface area (Å²) in [5, 5.41) is 4.24. The van der Waals surface area contributed by atoms with Gasteiger partial charge in [0.25, 0.3) is 0 Å². The molecular formula is C13H17BrClN. The average molecular weight is 303 g/mol. The Morgan fingerprint density at radius 1 is 1.38 bits per heavy atom. The van der Waals surface area contributed by atoms with Crippen LogP contribution in [0.15, 0.2) is 22.7 Å². The summed E-state index contributed by atoms with van der Waals surface area (Å²) in [6.07, 6.45) is 5.41. The van der Waals surface area contributed by atoms with Gasteiger partial charge in [-0.2, -0.15) is 0 Å². The zero-order valence-corrected chi connectivity index (χ0v) is 11.8. The molecule has 1 atom stereocenters. The van der Waals surface area contributed by atoms with Crippen LogP contribution in [0.25, 0.3) is 0 Å². The Hall–Kier alpha value is -0.0500. The molecule has 1 aromatic carbocycles. The summed E-state index contributed by atoms with van der Waals surface area (Å²) in [5.41, 5.74) is 1.33. The summed E-state index contributed by atoms with van der Waals surface area (Å²) in [5.74, 6) is 0.766. The molecule has 0 heterocycles. The molecule has 0 aliphatic heterocycles. The van der Waals surface area contributed by atoms with Crippen molar-refractivity contribution in [3.05, 3.63) is 33.3 Å². The summed E-state index contributed by atoms with van der Waals surface area (Å²) >= 11 is 9.59. The smallest absolute Gasteiger partial charge is 0.0417 e. The Morgan fingerprint density at radius 2 is 2.06 bits per heavy atom. The van der Waals surface area contributed by atoms with Gasteiger partial charge in [-0.1, -0.05) is 46.4 Å². The molecule has 1 saturated carbocycles. The van der Waals surface area contributed by atoms with Crippen LogP contribution in [0.3, 0.4) is 0 Å². The molecule has 1 aromatic rings. The lowest BCUT2D eigenvalue weighted by molar-refractivity contribution is 0.389. The summed E-state index contributed by atoms with van der Waals surface area (Å²) in [6, 6.07) is 6.54. The molecule has 0 spiro atoms. The highest BCUT2D eigenvalue weighted by atomic mass is 79.9. The van der Waals surface area contributed by atoms with Crippen LogP contribution in [0.4, 0.5) is 0 Å². The number of nitrogens with one attached hydrogen (secondary N) is 1. The van der Waals surface area contributed by atoms with Crippen LogP contribution in [0, 0.1) is 5.92 Å². The van der Waals surface area contributed by atoms with Crippen molar-refractivity contribution in [2.45, 2.75) is 31.7 Å². The van der Waals surface area contributed by atoms with Gasteiger partial charge in [-0.3, -0.25) is 0 Å². The fraction of sp³-hybridized carbons (Fsp3) is 0.538. The van der Waals surface area contributed by atoms with Crippen molar-refractivity contribution >= 4 is 27.5 Å². The minimum Gasteiger partial charge on any atom is -0.313 e. The van der Waals surface area contributed by atoms with Crippen LogP contribution in [0.1, 0.15) is 37.3 Å². The van der Waals surface area contributed by atoms with Crippen molar-refractivity contribution in [2.75, 3.05) is 7.05 Å². The van der Waals surface area contributed by atoms with E-state index in [0.29, 0.717) is 6.04 Å². The highest BCUT2D eigenvalue weighted by Gasteiger charge is 2.26. The molecule has 0 aromatic heterocycles. The maximum atomic E-state index is 5.97. The topological polar surface area (TPSA) is 12.0 Å². The first kappa shape index (κ1) is 12.4. The molecule has 0 radical (unpaired) electrons. The zero-order valence-electron chi connectivity index (χ0n) is 9.47. The van der Waals surface area contributed by atoms with Crippen LogP contribution >= 0.6 is 27.5 Å². The minimum atomic E-state index is 0.453. The third-order valence-electron chi connectivity index (χ3n) is 3.48. The van der Waals surface area contributed by atoms with Gasteiger partial charge in [0.1, 0.15) is 0 Å². The van der Waals surface area contributed by atoms with Gasteiger partial charge in [0.05, 0.1) is 0 Å². The van der Waals surface area contributed by atoms with Crippen LogP contribution < -0.4 is 5.32 Å². The predicted octanol–water partition coefficient (Wildman–Crippen LogP) is 4.55. The van der Waals surface area contributed by atoms with Gasteiger partial charge >= 0.3 is 0 Å². The van der Waals surface area contributed by atoms with Crippen LogP contribution in [0.5, 0.6) is 0 Å². The van der Waals surface area contributed by atoms with E-state index < -0.39 is 0 Å². The maximum Gasteiger partial charge on any atom is 0.0417 e. The van der Waals surface area contributed by atoms with Crippen LogP contribution in [-0.4, -0.2) is 7.05 Å². The van der Waals surface area contributed by atoms with Gasteiger partial charge in [-0.05, 0) is 43.5 Å². The molecule has 0 bridgehead atoms. The van der Waals surface area contributed by atoms with Gasteiger partial charge < -0.3 is 5.32 Å². The molecule has 0 amide bonds. The molecule has 3 heteroatoms. The molecule has 0 saturated heterocycles. The first-order chi connectivity index (χ1) is 7.72.